The van der Waals surface area contributed by atoms with E-state index < -0.39 is 6.10 Å². The Morgan fingerprint density at radius 2 is 1.84 bits per heavy atom. The number of aliphatic hydroxyl groups is 1. The van der Waals surface area contributed by atoms with Crippen LogP contribution < -0.4 is 4.90 Å². The Bertz CT molecular complexity index is 658. The van der Waals surface area contributed by atoms with Gasteiger partial charge in [-0.2, -0.15) is 0 Å². The first-order chi connectivity index (χ1) is 12.1. The molecule has 1 N–H and O–H groups in total. The second kappa shape index (κ2) is 8.38. The molecule has 1 saturated heterocycles. The Balaban J connectivity index is 1.58. The molecule has 0 aliphatic carbocycles. The quantitative estimate of drug-likeness (QED) is 0.852. The number of anilines is 1. The first-order valence-electron chi connectivity index (χ1n) is 8.80. The maximum absolute atomic E-state index is 10.4. The number of hydrogen-bond donors (Lipinski definition) is 1. The molecule has 1 aliphatic heterocycles. The number of rotatable bonds is 6. The molecule has 3 rings (SSSR count). The largest absolute Gasteiger partial charge is 0.390 e. The lowest BCUT2D eigenvalue weighted by atomic mass is 10.2. The maximum atomic E-state index is 10.4. The van der Waals surface area contributed by atoms with Gasteiger partial charge in [-0.3, -0.25) is 4.90 Å². The van der Waals surface area contributed by atoms with Gasteiger partial charge in [0.1, 0.15) is 5.82 Å². The lowest BCUT2D eigenvalue weighted by molar-refractivity contribution is 0.0842. The highest BCUT2D eigenvalue weighted by Crippen LogP contribution is 2.17. The smallest absolute Gasteiger partial charge is 0.161 e. The van der Waals surface area contributed by atoms with E-state index in [9.17, 15) is 5.11 Å². The topological polar surface area (TPSA) is 55.7 Å². The van der Waals surface area contributed by atoms with Gasteiger partial charge in [0.15, 0.2) is 5.82 Å². The van der Waals surface area contributed by atoms with Gasteiger partial charge in [-0.15, -0.1) is 0 Å². The number of aliphatic hydroxyl groups excluding tert-OH is 1. The molecule has 0 amide bonds. The summed E-state index contributed by atoms with van der Waals surface area (Å²) in [6.45, 7) is 5.42. The van der Waals surface area contributed by atoms with Gasteiger partial charge in [-0.25, -0.2) is 9.97 Å². The third-order valence-electron chi connectivity index (χ3n) is 4.61. The van der Waals surface area contributed by atoms with Crippen molar-refractivity contribution < 1.29 is 5.11 Å². The summed E-state index contributed by atoms with van der Waals surface area (Å²) in [5.41, 5.74) is 0.996. The molecular weight excluding hydrogens is 314 g/mol. The van der Waals surface area contributed by atoms with Crippen LogP contribution in [0.25, 0.3) is 11.4 Å². The molecule has 0 radical (unpaired) electrons. The summed E-state index contributed by atoms with van der Waals surface area (Å²) in [4.78, 5) is 15.6. The molecule has 2 aromatic rings. The van der Waals surface area contributed by atoms with Crippen LogP contribution in [0.5, 0.6) is 0 Å². The number of benzene rings is 1. The fourth-order valence-electron chi connectivity index (χ4n) is 3.08. The summed E-state index contributed by atoms with van der Waals surface area (Å²) in [6, 6.07) is 11.8. The van der Waals surface area contributed by atoms with Gasteiger partial charge in [0.05, 0.1) is 6.10 Å². The van der Waals surface area contributed by atoms with Crippen molar-refractivity contribution in [2.45, 2.75) is 6.10 Å². The third-order valence-corrected chi connectivity index (χ3v) is 4.61. The van der Waals surface area contributed by atoms with Gasteiger partial charge in [0.25, 0.3) is 0 Å². The molecule has 134 valence electrons. The molecule has 1 aromatic carbocycles. The lowest BCUT2D eigenvalue weighted by Crippen LogP contribution is -2.48. The predicted molar refractivity (Wildman–Crippen MR) is 101 cm³/mol. The average Bonchev–Trinajstić information content (AvgIpc) is 2.64. The zero-order chi connectivity index (χ0) is 17.6. The third kappa shape index (κ3) is 4.98. The van der Waals surface area contributed by atoms with E-state index in [0.717, 1.165) is 37.6 Å². The van der Waals surface area contributed by atoms with Crippen molar-refractivity contribution in [3.05, 3.63) is 42.6 Å². The van der Waals surface area contributed by atoms with Crippen LogP contribution in [-0.2, 0) is 0 Å². The summed E-state index contributed by atoms with van der Waals surface area (Å²) < 4.78 is 0. The monoisotopic (exact) mass is 341 g/mol. The van der Waals surface area contributed by atoms with Crippen LogP contribution in [0.3, 0.4) is 0 Å². The Hall–Kier alpha value is -2.02. The van der Waals surface area contributed by atoms with Gasteiger partial charge in [-0.1, -0.05) is 30.3 Å². The molecule has 1 aliphatic rings. The second-order valence-corrected chi connectivity index (χ2v) is 6.74. The Labute approximate surface area is 149 Å². The number of piperazine rings is 1. The molecule has 0 unspecified atom stereocenters. The van der Waals surface area contributed by atoms with Gasteiger partial charge >= 0.3 is 0 Å². The van der Waals surface area contributed by atoms with Crippen molar-refractivity contribution in [3.8, 4) is 11.4 Å². The zero-order valence-electron chi connectivity index (χ0n) is 15.0. The van der Waals surface area contributed by atoms with Crippen LogP contribution in [0.1, 0.15) is 0 Å². The van der Waals surface area contributed by atoms with Crippen molar-refractivity contribution in [2.75, 3.05) is 58.3 Å². The van der Waals surface area contributed by atoms with E-state index in [2.05, 4.69) is 26.8 Å². The number of aromatic nitrogens is 2. The fraction of sp³-hybridized carbons (Fsp3) is 0.474. The molecule has 0 saturated carbocycles. The van der Waals surface area contributed by atoms with Crippen molar-refractivity contribution >= 4 is 5.82 Å². The fourth-order valence-corrected chi connectivity index (χ4v) is 3.08. The Morgan fingerprint density at radius 1 is 1.12 bits per heavy atom. The zero-order valence-corrected chi connectivity index (χ0v) is 15.0. The Morgan fingerprint density at radius 3 is 2.56 bits per heavy atom. The average molecular weight is 341 g/mol. The van der Waals surface area contributed by atoms with Gasteiger partial charge in [0, 0.05) is 58.1 Å². The maximum Gasteiger partial charge on any atom is 0.161 e. The second-order valence-electron chi connectivity index (χ2n) is 6.74. The number of likely N-dealkylation sites (N-methyl/N-ethyl adjacent to an activating group) is 2. The van der Waals surface area contributed by atoms with Gasteiger partial charge in [-0.05, 0) is 13.1 Å². The van der Waals surface area contributed by atoms with E-state index in [1.54, 1.807) is 6.20 Å². The van der Waals surface area contributed by atoms with Gasteiger partial charge in [0.2, 0.25) is 0 Å². The van der Waals surface area contributed by atoms with Crippen LogP contribution >= 0.6 is 0 Å². The van der Waals surface area contributed by atoms with E-state index in [1.807, 2.05) is 48.3 Å². The molecule has 0 bridgehead atoms. The minimum Gasteiger partial charge on any atom is -0.390 e. The number of hydrogen-bond acceptors (Lipinski definition) is 6. The SMILES string of the molecule is CN1CCN(C[C@@H](O)CN(C)c2ccnc(-c3ccccc3)n2)CC1. The predicted octanol–water partition coefficient (Wildman–Crippen LogP) is 1.19. The highest BCUT2D eigenvalue weighted by Gasteiger charge is 2.18. The van der Waals surface area contributed by atoms with Crippen molar-refractivity contribution in [2.24, 2.45) is 0 Å². The highest BCUT2D eigenvalue weighted by atomic mass is 16.3. The molecule has 0 spiro atoms. The lowest BCUT2D eigenvalue weighted by Gasteiger charge is -2.34. The molecular formula is C19H27N5O. The van der Waals surface area contributed by atoms with Crippen LogP contribution in [0.4, 0.5) is 5.82 Å². The van der Waals surface area contributed by atoms with Crippen LogP contribution in [0.15, 0.2) is 42.6 Å². The molecule has 6 heteroatoms. The highest BCUT2D eigenvalue weighted by molar-refractivity contribution is 5.56. The summed E-state index contributed by atoms with van der Waals surface area (Å²) in [5.74, 6) is 1.53. The van der Waals surface area contributed by atoms with Crippen LogP contribution in [0, 0.1) is 0 Å². The molecule has 2 heterocycles. The molecule has 1 fully saturated rings. The first kappa shape index (κ1) is 17.8. The van der Waals surface area contributed by atoms with E-state index >= 15 is 0 Å². The van der Waals surface area contributed by atoms with E-state index in [4.69, 9.17) is 0 Å². The molecule has 25 heavy (non-hydrogen) atoms. The van der Waals surface area contributed by atoms with Crippen LogP contribution in [0.2, 0.25) is 0 Å². The Kier molecular flexibility index (Phi) is 5.96. The molecule has 1 aromatic heterocycles. The van der Waals surface area contributed by atoms with E-state index in [0.29, 0.717) is 18.9 Å². The number of β-amino-alcohol motifs (C(OH)–C–C–N with tert-alkyl or cyclic N) is 1. The summed E-state index contributed by atoms with van der Waals surface area (Å²) in [5, 5.41) is 10.4. The van der Waals surface area contributed by atoms with Crippen molar-refractivity contribution in [1.82, 2.24) is 19.8 Å². The number of nitrogens with zero attached hydrogens (tertiary/aromatic N) is 5. The van der Waals surface area contributed by atoms with E-state index in [1.165, 1.54) is 0 Å². The summed E-state index contributed by atoms with van der Waals surface area (Å²) in [7, 11) is 4.10. The first-order valence-corrected chi connectivity index (χ1v) is 8.80. The van der Waals surface area contributed by atoms with Crippen molar-refractivity contribution in [3.63, 3.8) is 0 Å². The normalized spacial score (nSPS) is 17.4. The minimum absolute atomic E-state index is 0.399. The minimum atomic E-state index is -0.399. The van der Waals surface area contributed by atoms with Gasteiger partial charge < -0.3 is 14.9 Å². The standard InChI is InChI=1S/C19H27N5O/c1-22-10-12-24(13-11-22)15-17(25)14-23(2)18-8-9-20-19(21-18)16-6-4-3-5-7-16/h3-9,17,25H,10-15H2,1-2H3/t17-/m0/s1. The van der Waals surface area contributed by atoms with E-state index in [-0.39, 0.29) is 0 Å². The summed E-state index contributed by atoms with van der Waals surface area (Å²) in [6.07, 6.45) is 1.37. The summed E-state index contributed by atoms with van der Waals surface area (Å²) >= 11 is 0. The van der Waals surface area contributed by atoms with Crippen LogP contribution in [-0.4, -0.2) is 84.3 Å². The molecule has 6 nitrogen and oxygen atoms in total. The van der Waals surface area contributed by atoms with Crippen molar-refractivity contribution in [1.29, 1.82) is 0 Å². The molecule has 1 atom stereocenters.